The molecule has 2 aromatic carbocycles. The van der Waals surface area contributed by atoms with Crippen LogP contribution in [0.15, 0.2) is 48.5 Å². The Balaban J connectivity index is 2.16. The molecule has 0 aliphatic carbocycles. The second kappa shape index (κ2) is 5.62. The minimum absolute atomic E-state index is 0.125. The molecular formula is C14H14FNO2. The fourth-order valence-electron chi connectivity index (χ4n) is 1.55. The molecular weight excluding hydrogens is 233 g/mol. The lowest BCUT2D eigenvalue weighted by atomic mass is 10.1. The number of aliphatic hydroxyl groups is 1. The van der Waals surface area contributed by atoms with Crippen molar-refractivity contribution in [2.45, 2.75) is 6.04 Å². The first-order chi connectivity index (χ1) is 8.69. The van der Waals surface area contributed by atoms with Crippen LogP contribution in [0.2, 0.25) is 0 Å². The van der Waals surface area contributed by atoms with Gasteiger partial charge in [0.15, 0.2) is 0 Å². The molecule has 0 bridgehead atoms. The van der Waals surface area contributed by atoms with Gasteiger partial charge in [-0.15, -0.1) is 0 Å². The summed E-state index contributed by atoms with van der Waals surface area (Å²) in [5, 5.41) is 8.99. The highest BCUT2D eigenvalue weighted by Crippen LogP contribution is 2.24. The molecule has 3 nitrogen and oxygen atoms in total. The van der Waals surface area contributed by atoms with Gasteiger partial charge in [0.25, 0.3) is 0 Å². The van der Waals surface area contributed by atoms with Crippen molar-refractivity contribution >= 4 is 0 Å². The Morgan fingerprint density at radius 2 is 1.83 bits per heavy atom. The lowest BCUT2D eigenvalue weighted by Crippen LogP contribution is -2.14. The summed E-state index contributed by atoms with van der Waals surface area (Å²) in [5.41, 5.74) is 6.51. The van der Waals surface area contributed by atoms with E-state index >= 15 is 0 Å². The summed E-state index contributed by atoms with van der Waals surface area (Å²) in [6, 6.07) is 12.5. The quantitative estimate of drug-likeness (QED) is 0.873. The smallest absolute Gasteiger partial charge is 0.127 e. The summed E-state index contributed by atoms with van der Waals surface area (Å²) in [6.45, 7) is -0.125. The van der Waals surface area contributed by atoms with Gasteiger partial charge < -0.3 is 15.6 Å². The van der Waals surface area contributed by atoms with Gasteiger partial charge in [-0.05, 0) is 42.0 Å². The van der Waals surface area contributed by atoms with Crippen LogP contribution in [0.25, 0.3) is 0 Å². The fourth-order valence-corrected chi connectivity index (χ4v) is 1.55. The molecule has 94 valence electrons. The van der Waals surface area contributed by atoms with E-state index in [9.17, 15) is 4.39 Å². The third kappa shape index (κ3) is 3.06. The minimum Gasteiger partial charge on any atom is -0.457 e. The molecule has 3 N–H and O–H groups in total. The van der Waals surface area contributed by atoms with E-state index in [-0.39, 0.29) is 12.4 Å². The number of aliphatic hydroxyl groups excluding tert-OH is 1. The topological polar surface area (TPSA) is 55.5 Å². The molecule has 0 aliphatic heterocycles. The van der Waals surface area contributed by atoms with Crippen molar-refractivity contribution in [3.63, 3.8) is 0 Å². The molecule has 18 heavy (non-hydrogen) atoms. The maximum absolute atomic E-state index is 12.7. The Bertz CT molecular complexity index is 513. The van der Waals surface area contributed by atoms with Crippen molar-refractivity contribution in [3.05, 3.63) is 59.9 Å². The van der Waals surface area contributed by atoms with E-state index in [1.807, 2.05) is 6.07 Å². The monoisotopic (exact) mass is 247 g/mol. The third-order valence-corrected chi connectivity index (χ3v) is 2.53. The lowest BCUT2D eigenvalue weighted by molar-refractivity contribution is 0.268. The highest BCUT2D eigenvalue weighted by atomic mass is 19.1. The van der Waals surface area contributed by atoms with Gasteiger partial charge in [0.05, 0.1) is 12.6 Å². The van der Waals surface area contributed by atoms with Crippen LogP contribution in [-0.2, 0) is 0 Å². The molecule has 0 saturated heterocycles. The van der Waals surface area contributed by atoms with Crippen LogP contribution >= 0.6 is 0 Å². The molecule has 0 amide bonds. The molecule has 2 aromatic rings. The Morgan fingerprint density at radius 3 is 2.50 bits per heavy atom. The molecule has 0 aliphatic rings. The molecule has 0 saturated carbocycles. The van der Waals surface area contributed by atoms with Gasteiger partial charge in [0.2, 0.25) is 0 Å². The van der Waals surface area contributed by atoms with Gasteiger partial charge >= 0.3 is 0 Å². The van der Waals surface area contributed by atoms with E-state index < -0.39 is 6.04 Å². The number of benzene rings is 2. The van der Waals surface area contributed by atoms with Crippen molar-refractivity contribution in [2.75, 3.05) is 6.61 Å². The number of nitrogens with two attached hydrogens (primary N) is 1. The Morgan fingerprint density at radius 1 is 1.11 bits per heavy atom. The highest BCUT2D eigenvalue weighted by Gasteiger charge is 2.05. The number of rotatable bonds is 4. The zero-order valence-corrected chi connectivity index (χ0v) is 9.71. The zero-order chi connectivity index (χ0) is 13.0. The van der Waals surface area contributed by atoms with E-state index in [4.69, 9.17) is 15.6 Å². The van der Waals surface area contributed by atoms with Crippen molar-refractivity contribution in [3.8, 4) is 11.5 Å². The summed E-state index contributed by atoms with van der Waals surface area (Å²) in [6.07, 6.45) is 0. The molecule has 0 fully saturated rings. The first kappa shape index (κ1) is 12.5. The van der Waals surface area contributed by atoms with Crippen LogP contribution in [0.3, 0.4) is 0 Å². The summed E-state index contributed by atoms with van der Waals surface area (Å²) in [4.78, 5) is 0. The van der Waals surface area contributed by atoms with Gasteiger partial charge in [-0.3, -0.25) is 0 Å². The van der Waals surface area contributed by atoms with Crippen LogP contribution in [-0.4, -0.2) is 11.7 Å². The van der Waals surface area contributed by atoms with Crippen molar-refractivity contribution < 1.29 is 14.2 Å². The van der Waals surface area contributed by atoms with E-state index in [0.29, 0.717) is 11.5 Å². The average Bonchev–Trinajstić information content (AvgIpc) is 2.41. The number of hydrogen-bond acceptors (Lipinski definition) is 3. The van der Waals surface area contributed by atoms with Crippen molar-refractivity contribution in [1.82, 2.24) is 0 Å². The van der Waals surface area contributed by atoms with Gasteiger partial charge in [0.1, 0.15) is 17.3 Å². The van der Waals surface area contributed by atoms with Gasteiger partial charge in [-0.1, -0.05) is 12.1 Å². The predicted octanol–water partition coefficient (Wildman–Crippen LogP) is 2.61. The largest absolute Gasteiger partial charge is 0.457 e. The molecule has 4 heteroatoms. The van der Waals surface area contributed by atoms with Crippen LogP contribution in [0.4, 0.5) is 4.39 Å². The summed E-state index contributed by atoms with van der Waals surface area (Å²) in [7, 11) is 0. The Hall–Kier alpha value is -1.91. The Labute approximate surface area is 105 Å². The second-order valence-electron chi connectivity index (χ2n) is 3.92. The zero-order valence-electron chi connectivity index (χ0n) is 9.71. The third-order valence-electron chi connectivity index (χ3n) is 2.53. The van der Waals surface area contributed by atoms with Crippen molar-refractivity contribution in [2.24, 2.45) is 5.73 Å². The SMILES string of the molecule is N[C@H](CO)c1cccc(Oc2ccc(F)cc2)c1. The van der Waals surface area contributed by atoms with E-state index in [1.54, 1.807) is 30.3 Å². The lowest BCUT2D eigenvalue weighted by Gasteiger charge is -2.11. The standard InChI is InChI=1S/C14H14FNO2/c15-11-4-6-12(7-5-11)18-13-3-1-2-10(8-13)14(16)9-17/h1-8,14,17H,9,16H2/t14-/m1/s1. The van der Waals surface area contributed by atoms with Gasteiger partial charge in [-0.25, -0.2) is 4.39 Å². The summed E-state index contributed by atoms with van der Waals surface area (Å²) in [5.74, 6) is 0.840. The van der Waals surface area contributed by atoms with Gasteiger partial charge in [-0.2, -0.15) is 0 Å². The minimum atomic E-state index is -0.429. The molecule has 0 aromatic heterocycles. The first-order valence-electron chi connectivity index (χ1n) is 5.59. The molecule has 0 unspecified atom stereocenters. The maximum Gasteiger partial charge on any atom is 0.127 e. The van der Waals surface area contributed by atoms with Crippen LogP contribution in [0.5, 0.6) is 11.5 Å². The number of hydrogen-bond donors (Lipinski definition) is 2. The molecule has 1 atom stereocenters. The van der Waals surface area contributed by atoms with Crippen LogP contribution in [0.1, 0.15) is 11.6 Å². The normalized spacial score (nSPS) is 12.2. The second-order valence-corrected chi connectivity index (χ2v) is 3.92. The van der Waals surface area contributed by atoms with E-state index in [2.05, 4.69) is 0 Å². The summed E-state index contributed by atoms with van der Waals surface area (Å²) >= 11 is 0. The van der Waals surface area contributed by atoms with Crippen LogP contribution < -0.4 is 10.5 Å². The maximum atomic E-state index is 12.7. The first-order valence-corrected chi connectivity index (χ1v) is 5.59. The molecule has 2 rings (SSSR count). The number of ether oxygens (including phenoxy) is 1. The summed E-state index contributed by atoms with van der Waals surface area (Å²) < 4.78 is 18.3. The highest BCUT2D eigenvalue weighted by molar-refractivity contribution is 5.35. The van der Waals surface area contributed by atoms with Crippen LogP contribution in [0, 0.1) is 5.82 Å². The molecule has 0 heterocycles. The van der Waals surface area contributed by atoms with Crippen molar-refractivity contribution in [1.29, 1.82) is 0 Å². The van der Waals surface area contributed by atoms with E-state index in [1.165, 1.54) is 12.1 Å². The van der Waals surface area contributed by atoms with Gasteiger partial charge in [0, 0.05) is 0 Å². The average molecular weight is 247 g/mol. The molecule has 0 radical (unpaired) electrons. The van der Waals surface area contributed by atoms with E-state index in [0.717, 1.165) is 5.56 Å². The predicted molar refractivity (Wildman–Crippen MR) is 66.9 cm³/mol. The fraction of sp³-hybridized carbons (Fsp3) is 0.143. The number of halogens is 1. The molecule has 0 spiro atoms. The Kier molecular flexibility index (Phi) is 3.92.